The van der Waals surface area contributed by atoms with E-state index < -0.39 is 0 Å². The number of fused-ring (bicyclic) bond motifs is 1. The Morgan fingerprint density at radius 1 is 1.10 bits per heavy atom. The first kappa shape index (κ1) is 19.9. The zero-order valence-electron chi connectivity index (χ0n) is 17.1. The third-order valence-corrected chi connectivity index (χ3v) is 4.73. The summed E-state index contributed by atoms with van der Waals surface area (Å²) in [6.45, 7) is 6.29. The van der Waals surface area contributed by atoms with E-state index in [4.69, 9.17) is 13.9 Å². The van der Waals surface area contributed by atoms with Crippen LogP contribution in [0.15, 0.2) is 46.9 Å². The molecule has 2 heterocycles. The summed E-state index contributed by atoms with van der Waals surface area (Å²) < 4.78 is 16.9. The Hall–Kier alpha value is -3.39. The molecule has 3 aromatic rings. The lowest BCUT2D eigenvalue weighted by molar-refractivity contribution is -0.117. The van der Waals surface area contributed by atoms with Crippen LogP contribution in [0.5, 0.6) is 11.5 Å². The van der Waals surface area contributed by atoms with Crippen molar-refractivity contribution in [1.29, 1.82) is 0 Å². The van der Waals surface area contributed by atoms with Crippen LogP contribution in [-0.4, -0.2) is 47.3 Å². The molecule has 1 aliphatic heterocycles. The molecular formula is C22H24N4O4. The molecule has 1 amide bonds. The largest absolute Gasteiger partial charge is 0.486 e. The summed E-state index contributed by atoms with van der Waals surface area (Å²) in [5, 5.41) is 11.2. The second-order valence-corrected chi connectivity index (χ2v) is 7.08. The smallest absolute Gasteiger partial charge is 0.247 e. The Kier molecular flexibility index (Phi) is 5.94. The van der Waals surface area contributed by atoms with E-state index in [0.29, 0.717) is 55.3 Å². The summed E-state index contributed by atoms with van der Waals surface area (Å²) in [4.78, 5) is 14.4. The molecule has 1 aliphatic rings. The molecule has 0 saturated heterocycles. The topological polar surface area (TPSA) is 89.7 Å². The predicted molar refractivity (Wildman–Crippen MR) is 111 cm³/mol. The summed E-state index contributed by atoms with van der Waals surface area (Å²) in [7, 11) is 0. The lowest BCUT2D eigenvalue weighted by Gasteiger charge is -2.20. The van der Waals surface area contributed by atoms with Crippen molar-refractivity contribution in [3.05, 3.63) is 53.9 Å². The van der Waals surface area contributed by atoms with Crippen molar-refractivity contribution >= 4 is 11.6 Å². The molecule has 0 atom stereocenters. The van der Waals surface area contributed by atoms with Gasteiger partial charge in [-0.1, -0.05) is 24.6 Å². The van der Waals surface area contributed by atoms with Gasteiger partial charge < -0.3 is 19.2 Å². The van der Waals surface area contributed by atoms with Gasteiger partial charge in [0.25, 0.3) is 0 Å². The number of anilines is 1. The van der Waals surface area contributed by atoms with E-state index in [-0.39, 0.29) is 12.5 Å². The van der Waals surface area contributed by atoms with Crippen molar-refractivity contribution in [2.24, 2.45) is 0 Å². The van der Waals surface area contributed by atoms with E-state index >= 15 is 0 Å². The van der Waals surface area contributed by atoms with Crippen LogP contribution in [0.4, 0.5) is 5.69 Å². The second kappa shape index (κ2) is 8.96. The maximum atomic E-state index is 12.5. The summed E-state index contributed by atoms with van der Waals surface area (Å²) in [6, 6.07) is 13.3. The highest BCUT2D eigenvalue weighted by Crippen LogP contribution is 2.32. The maximum Gasteiger partial charge on any atom is 0.247 e. The van der Waals surface area contributed by atoms with E-state index in [0.717, 1.165) is 11.1 Å². The fourth-order valence-electron chi connectivity index (χ4n) is 3.21. The number of nitrogens with zero attached hydrogens (tertiary/aromatic N) is 3. The third-order valence-electron chi connectivity index (χ3n) is 4.73. The average Bonchev–Trinajstić information content (AvgIpc) is 3.22. The number of benzene rings is 2. The van der Waals surface area contributed by atoms with Gasteiger partial charge in [-0.05, 0) is 37.7 Å². The number of likely N-dealkylation sites (N-methyl/N-ethyl adjacent to an activating group) is 1. The number of ether oxygens (including phenoxy) is 2. The first-order valence-electron chi connectivity index (χ1n) is 9.92. The van der Waals surface area contributed by atoms with Gasteiger partial charge in [0.05, 0.1) is 13.1 Å². The molecule has 0 fully saturated rings. The minimum Gasteiger partial charge on any atom is -0.486 e. The number of nitrogens with one attached hydrogen (secondary N) is 1. The van der Waals surface area contributed by atoms with Crippen molar-refractivity contribution < 1.29 is 18.7 Å². The molecule has 0 bridgehead atoms. The van der Waals surface area contributed by atoms with Crippen molar-refractivity contribution in [1.82, 2.24) is 15.1 Å². The number of carbonyl (C=O) groups excluding carboxylic acids is 1. The molecule has 156 valence electrons. The van der Waals surface area contributed by atoms with E-state index in [1.54, 1.807) is 18.2 Å². The normalized spacial score (nSPS) is 12.8. The first-order valence-corrected chi connectivity index (χ1v) is 9.92. The van der Waals surface area contributed by atoms with E-state index in [1.807, 2.05) is 43.0 Å². The van der Waals surface area contributed by atoms with E-state index in [9.17, 15) is 4.79 Å². The molecule has 8 nitrogen and oxygen atoms in total. The SMILES string of the molecule is CCN(CC(=O)Nc1ccc2c(c1)OCCO2)Cc1nnc(-c2cccc(C)c2)o1. The standard InChI is InChI=1S/C22H24N4O4/c1-3-26(14-21-24-25-22(30-21)16-6-4-5-15(2)11-16)13-20(27)23-17-7-8-18-19(12-17)29-10-9-28-18/h4-8,11-12H,3,9-10,13-14H2,1-2H3,(H,23,27). The van der Waals surface area contributed by atoms with Crippen molar-refractivity contribution in [2.75, 3.05) is 31.6 Å². The number of aromatic nitrogens is 2. The predicted octanol–water partition coefficient (Wildman–Crippen LogP) is 3.28. The van der Waals surface area contributed by atoms with Crippen LogP contribution in [0.1, 0.15) is 18.4 Å². The lowest BCUT2D eigenvalue weighted by atomic mass is 10.1. The Bertz CT molecular complexity index is 1030. The highest BCUT2D eigenvalue weighted by atomic mass is 16.6. The van der Waals surface area contributed by atoms with Crippen molar-refractivity contribution in [3.63, 3.8) is 0 Å². The van der Waals surface area contributed by atoms with Crippen LogP contribution >= 0.6 is 0 Å². The van der Waals surface area contributed by atoms with Gasteiger partial charge in [-0.25, -0.2) is 0 Å². The maximum absolute atomic E-state index is 12.5. The number of hydrogen-bond donors (Lipinski definition) is 1. The van der Waals surface area contributed by atoms with Crippen LogP contribution < -0.4 is 14.8 Å². The number of rotatable bonds is 7. The summed E-state index contributed by atoms with van der Waals surface area (Å²) in [5.74, 6) is 2.15. The Balaban J connectivity index is 1.36. The molecule has 8 heteroatoms. The molecule has 1 aromatic heterocycles. The summed E-state index contributed by atoms with van der Waals surface area (Å²) >= 11 is 0. The van der Waals surface area contributed by atoms with Gasteiger partial charge in [-0.15, -0.1) is 10.2 Å². The van der Waals surface area contributed by atoms with Crippen LogP contribution in [0.2, 0.25) is 0 Å². The van der Waals surface area contributed by atoms with E-state index in [1.165, 1.54) is 0 Å². The van der Waals surface area contributed by atoms with Crippen molar-refractivity contribution in [3.8, 4) is 23.0 Å². The molecular weight excluding hydrogens is 384 g/mol. The minimum absolute atomic E-state index is 0.132. The number of carbonyl (C=O) groups is 1. The lowest BCUT2D eigenvalue weighted by Crippen LogP contribution is -2.32. The third kappa shape index (κ3) is 4.77. The number of amides is 1. The molecule has 30 heavy (non-hydrogen) atoms. The second-order valence-electron chi connectivity index (χ2n) is 7.08. The van der Waals surface area contributed by atoms with Gasteiger partial charge in [-0.2, -0.15) is 0 Å². The molecule has 0 spiro atoms. The molecule has 1 N–H and O–H groups in total. The van der Waals surface area contributed by atoms with Crippen LogP contribution in [0, 0.1) is 6.92 Å². The Morgan fingerprint density at radius 3 is 2.73 bits per heavy atom. The van der Waals surface area contributed by atoms with Gasteiger partial charge in [-0.3, -0.25) is 9.69 Å². The molecule has 4 rings (SSSR count). The van der Waals surface area contributed by atoms with Gasteiger partial charge in [0, 0.05) is 17.3 Å². The Labute approximate surface area is 174 Å². The van der Waals surface area contributed by atoms with E-state index in [2.05, 4.69) is 15.5 Å². The number of aryl methyl sites for hydroxylation is 1. The average molecular weight is 408 g/mol. The fraction of sp³-hybridized carbons (Fsp3) is 0.318. The minimum atomic E-state index is -0.132. The Morgan fingerprint density at radius 2 is 1.93 bits per heavy atom. The molecule has 0 saturated carbocycles. The van der Waals surface area contributed by atoms with Gasteiger partial charge in [0.1, 0.15) is 13.2 Å². The highest BCUT2D eigenvalue weighted by Gasteiger charge is 2.16. The quantitative estimate of drug-likeness (QED) is 0.642. The zero-order chi connectivity index (χ0) is 20.9. The zero-order valence-corrected chi connectivity index (χ0v) is 17.1. The summed E-state index contributed by atoms with van der Waals surface area (Å²) in [6.07, 6.45) is 0. The van der Waals surface area contributed by atoms with Gasteiger partial charge in [0.15, 0.2) is 11.5 Å². The fourth-order valence-corrected chi connectivity index (χ4v) is 3.21. The van der Waals surface area contributed by atoms with Crippen LogP contribution in [0.25, 0.3) is 11.5 Å². The van der Waals surface area contributed by atoms with Gasteiger partial charge in [0.2, 0.25) is 17.7 Å². The molecule has 0 radical (unpaired) electrons. The first-order chi connectivity index (χ1) is 14.6. The molecule has 0 aliphatic carbocycles. The van der Waals surface area contributed by atoms with Crippen molar-refractivity contribution in [2.45, 2.75) is 20.4 Å². The highest BCUT2D eigenvalue weighted by molar-refractivity contribution is 5.92. The summed E-state index contributed by atoms with van der Waals surface area (Å²) in [5.41, 5.74) is 2.67. The van der Waals surface area contributed by atoms with Crippen LogP contribution in [-0.2, 0) is 11.3 Å². The van der Waals surface area contributed by atoms with Crippen LogP contribution in [0.3, 0.4) is 0 Å². The van der Waals surface area contributed by atoms with Gasteiger partial charge >= 0.3 is 0 Å². The monoisotopic (exact) mass is 408 g/mol. The molecule has 0 unspecified atom stereocenters. The molecule has 2 aromatic carbocycles. The number of hydrogen-bond acceptors (Lipinski definition) is 7.